The Kier molecular flexibility index (Phi) is 10.5. The topological polar surface area (TPSA) is 52.6 Å². The summed E-state index contributed by atoms with van der Waals surface area (Å²) >= 11 is 0. The van der Waals surface area contributed by atoms with Crippen molar-refractivity contribution in [1.82, 2.24) is 0 Å². The molecule has 0 fully saturated rings. The smallest absolute Gasteiger partial charge is 0.371 e. The van der Waals surface area contributed by atoms with Gasteiger partial charge in [0.2, 0.25) is 6.29 Å². The molecule has 0 spiro atoms. The lowest BCUT2D eigenvalue weighted by Crippen LogP contribution is -2.06. The number of carbonyl (C=O) groups excluding carboxylic acids is 2. The number of aldehydes is 1. The van der Waals surface area contributed by atoms with Crippen LogP contribution < -0.4 is 0 Å². The molecule has 88 valence electrons. The highest BCUT2D eigenvalue weighted by atomic mass is 16.5. The maximum atomic E-state index is 10.4. The first-order valence-corrected chi connectivity index (χ1v) is 5.51. The van der Waals surface area contributed by atoms with Crippen LogP contribution in [-0.4, -0.2) is 32.1 Å². The van der Waals surface area contributed by atoms with Crippen LogP contribution in [0.4, 0.5) is 0 Å². The van der Waals surface area contributed by atoms with Crippen molar-refractivity contribution in [1.29, 1.82) is 0 Å². The maximum Gasteiger partial charge on any atom is 0.371 e. The molecule has 0 aliphatic rings. The van der Waals surface area contributed by atoms with Crippen LogP contribution in [0.5, 0.6) is 0 Å². The van der Waals surface area contributed by atoms with E-state index in [-0.39, 0.29) is 6.29 Å². The molecule has 0 aromatic carbocycles. The van der Waals surface area contributed by atoms with Crippen LogP contribution in [0.15, 0.2) is 0 Å². The molecule has 0 N–H and O–H groups in total. The third kappa shape index (κ3) is 11.0. The lowest BCUT2D eigenvalue weighted by atomic mass is 10.2. The molecule has 0 amide bonds. The number of hydrogen-bond donors (Lipinski definition) is 0. The minimum atomic E-state index is -0.777. The van der Waals surface area contributed by atoms with E-state index in [4.69, 9.17) is 4.74 Å². The van der Waals surface area contributed by atoms with E-state index < -0.39 is 5.97 Å². The Morgan fingerprint density at radius 2 is 1.73 bits per heavy atom. The van der Waals surface area contributed by atoms with Gasteiger partial charge in [0.15, 0.2) is 0 Å². The molecule has 0 aromatic heterocycles. The fourth-order valence-electron chi connectivity index (χ4n) is 1.11. The minimum Gasteiger partial charge on any atom is -0.460 e. The molecule has 0 rings (SSSR count). The molecule has 0 unspecified atom stereocenters. The van der Waals surface area contributed by atoms with E-state index >= 15 is 0 Å². The SMILES string of the molecule is CCCOCCCCCCOC(=O)C=O. The van der Waals surface area contributed by atoms with E-state index in [1.165, 1.54) is 0 Å². The summed E-state index contributed by atoms with van der Waals surface area (Å²) in [5, 5.41) is 0. The number of unbranched alkanes of at least 4 members (excludes halogenated alkanes) is 3. The summed E-state index contributed by atoms with van der Waals surface area (Å²) in [6.07, 6.45) is 5.18. The summed E-state index contributed by atoms with van der Waals surface area (Å²) in [5.74, 6) is -0.777. The van der Waals surface area contributed by atoms with E-state index in [2.05, 4.69) is 11.7 Å². The molecular formula is C11H20O4. The quantitative estimate of drug-likeness (QED) is 0.241. The highest BCUT2D eigenvalue weighted by molar-refractivity contribution is 6.20. The van der Waals surface area contributed by atoms with Gasteiger partial charge in [0, 0.05) is 13.2 Å². The summed E-state index contributed by atoms with van der Waals surface area (Å²) < 4.78 is 9.91. The molecule has 15 heavy (non-hydrogen) atoms. The van der Waals surface area contributed by atoms with Gasteiger partial charge in [0.1, 0.15) is 0 Å². The van der Waals surface area contributed by atoms with Crippen molar-refractivity contribution in [3.63, 3.8) is 0 Å². The Balaban J connectivity index is 2.98. The largest absolute Gasteiger partial charge is 0.460 e. The van der Waals surface area contributed by atoms with Crippen LogP contribution in [0.25, 0.3) is 0 Å². The third-order valence-corrected chi connectivity index (χ3v) is 1.87. The average molecular weight is 216 g/mol. The first-order chi connectivity index (χ1) is 7.31. The monoisotopic (exact) mass is 216 g/mol. The van der Waals surface area contributed by atoms with Gasteiger partial charge in [-0.05, 0) is 25.7 Å². The van der Waals surface area contributed by atoms with Crippen LogP contribution in [0.1, 0.15) is 39.0 Å². The summed E-state index contributed by atoms with van der Waals surface area (Å²) in [6, 6.07) is 0. The average Bonchev–Trinajstić information content (AvgIpc) is 2.26. The number of hydrogen-bond acceptors (Lipinski definition) is 4. The van der Waals surface area contributed by atoms with E-state index in [0.29, 0.717) is 6.61 Å². The predicted octanol–water partition coefficient (Wildman–Crippen LogP) is 1.72. The molecule has 0 heterocycles. The van der Waals surface area contributed by atoms with Crippen molar-refractivity contribution in [2.24, 2.45) is 0 Å². The van der Waals surface area contributed by atoms with Gasteiger partial charge in [-0.3, -0.25) is 4.79 Å². The number of rotatable bonds is 10. The molecular weight excluding hydrogens is 196 g/mol. The Bertz CT molecular complexity index is 168. The van der Waals surface area contributed by atoms with Crippen LogP contribution in [0, 0.1) is 0 Å². The van der Waals surface area contributed by atoms with Crippen molar-refractivity contribution in [2.75, 3.05) is 19.8 Å². The van der Waals surface area contributed by atoms with Crippen LogP contribution >= 0.6 is 0 Å². The molecule has 4 heteroatoms. The first kappa shape index (κ1) is 14.1. The zero-order chi connectivity index (χ0) is 11.4. The van der Waals surface area contributed by atoms with E-state index in [1.807, 2.05) is 0 Å². The van der Waals surface area contributed by atoms with Crippen LogP contribution in [-0.2, 0) is 19.1 Å². The minimum absolute atomic E-state index is 0.193. The maximum absolute atomic E-state index is 10.4. The zero-order valence-corrected chi connectivity index (χ0v) is 9.37. The van der Waals surface area contributed by atoms with Gasteiger partial charge in [-0.1, -0.05) is 13.3 Å². The Hall–Kier alpha value is -0.900. The van der Waals surface area contributed by atoms with Crippen LogP contribution in [0.2, 0.25) is 0 Å². The fraction of sp³-hybridized carbons (Fsp3) is 0.818. The summed E-state index contributed by atoms with van der Waals surface area (Å²) in [5.41, 5.74) is 0. The van der Waals surface area contributed by atoms with E-state index in [1.54, 1.807) is 0 Å². The van der Waals surface area contributed by atoms with Gasteiger partial charge in [0.25, 0.3) is 0 Å². The van der Waals surface area contributed by atoms with E-state index in [0.717, 1.165) is 45.3 Å². The second kappa shape index (κ2) is 11.2. The predicted molar refractivity (Wildman–Crippen MR) is 56.6 cm³/mol. The van der Waals surface area contributed by atoms with Crippen molar-refractivity contribution < 1.29 is 19.1 Å². The number of ether oxygens (including phenoxy) is 2. The van der Waals surface area contributed by atoms with Crippen molar-refractivity contribution in [3.8, 4) is 0 Å². The normalized spacial score (nSPS) is 9.93. The molecule has 0 radical (unpaired) electrons. The van der Waals surface area contributed by atoms with Crippen LogP contribution in [0.3, 0.4) is 0 Å². The highest BCUT2D eigenvalue weighted by Gasteiger charge is 1.97. The Morgan fingerprint density at radius 1 is 1.07 bits per heavy atom. The molecule has 0 bridgehead atoms. The molecule has 0 atom stereocenters. The van der Waals surface area contributed by atoms with Crippen molar-refractivity contribution in [3.05, 3.63) is 0 Å². The second-order valence-electron chi connectivity index (χ2n) is 3.31. The fourth-order valence-corrected chi connectivity index (χ4v) is 1.11. The summed E-state index contributed by atoms with van der Waals surface area (Å²) in [7, 11) is 0. The molecule has 0 aliphatic heterocycles. The lowest BCUT2D eigenvalue weighted by Gasteiger charge is -2.02. The molecule has 0 aromatic rings. The van der Waals surface area contributed by atoms with Crippen molar-refractivity contribution in [2.45, 2.75) is 39.0 Å². The Morgan fingerprint density at radius 3 is 2.33 bits per heavy atom. The van der Waals surface area contributed by atoms with E-state index in [9.17, 15) is 9.59 Å². The number of esters is 1. The first-order valence-electron chi connectivity index (χ1n) is 5.51. The number of carbonyl (C=O) groups is 2. The highest BCUT2D eigenvalue weighted by Crippen LogP contribution is 2.00. The lowest BCUT2D eigenvalue weighted by molar-refractivity contribution is -0.148. The molecule has 4 nitrogen and oxygen atoms in total. The standard InChI is InChI=1S/C11H20O4/c1-2-7-14-8-5-3-4-6-9-15-11(13)10-12/h10H,2-9H2,1H3. The van der Waals surface area contributed by atoms with Gasteiger partial charge < -0.3 is 9.47 Å². The molecule has 0 saturated heterocycles. The van der Waals surface area contributed by atoms with Gasteiger partial charge in [-0.15, -0.1) is 0 Å². The van der Waals surface area contributed by atoms with Gasteiger partial charge in [-0.2, -0.15) is 0 Å². The van der Waals surface area contributed by atoms with Gasteiger partial charge >= 0.3 is 5.97 Å². The van der Waals surface area contributed by atoms with Crippen molar-refractivity contribution >= 4 is 12.3 Å². The molecule has 0 saturated carbocycles. The third-order valence-electron chi connectivity index (χ3n) is 1.87. The van der Waals surface area contributed by atoms with Gasteiger partial charge in [-0.25, -0.2) is 4.79 Å². The molecule has 0 aliphatic carbocycles. The summed E-state index contributed by atoms with van der Waals surface area (Å²) in [4.78, 5) is 20.3. The Labute approximate surface area is 90.9 Å². The zero-order valence-electron chi connectivity index (χ0n) is 9.37. The second-order valence-corrected chi connectivity index (χ2v) is 3.31. The summed E-state index contributed by atoms with van der Waals surface area (Å²) in [6.45, 7) is 4.06. The van der Waals surface area contributed by atoms with Gasteiger partial charge in [0.05, 0.1) is 6.61 Å².